The Morgan fingerprint density at radius 3 is 2.61 bits per heavy atom. The molecule has 31 heavy (non-hydrogen) atoms. The number of nitrogens with zero attached hydrogens (tertiary/aromatic N) is 3. The van der Waals surface area contributed by atoms with Crippen molar-refractivity contribution in [1.29, 1.82) is 0 Å². The van der Waals surface area contributed by atoms with Crippen molar-refractivity contribution in [2.24, 2.45) is 5.16 Å². The molecule has 2 N–H and O–H groups in total. The summed E-state index contributed by atoms with van der Waals surface area (Å²) in [6.45, 7) is 2.58. The summed E-state index contributed by atoms with van der Waals surface area (Å²) in [5.74, 6) is -3.07. The summed E-state index contributed by atoms with van der Waals surface area (Å²) >= 11 is 6.39. The van der Waals surface area contributed by atoms with E-state index in [2.05, 4.69) is 20.8 Å². The molecule has 1 saturated heterocycles. The molecule has 0 radical (unpaired) electrons. The number of anilines is 1. The Morgan fingerprint density at radius 2 is 2.13 bits per heavy atom. The maximum Gasteiger partial charge on any atom is 1.00 e. The van der Waals surface area contributed by atoms with Crippen LogP contribution >= 0.6 is 22.9 Å². The third kappa shape index (κ3) is 6.58. The first kappa shape index (κ1) is 27.7. The Bertz CT molecular complexity index is 985. The van der Waals surface area contributed by atoms with Crippen LogP contribution in [0.15, 0.2) is 10.5 Å². The SMILES string of the molecule is COC1(NC(=O)C(=NOC(C)C)c2csc(NC(=O)CCl)n2)CN(S(=O)(=O)[O-])C1=O.[Na+]. The van der Waals surface area contributed by atoms with Crippen LogP contribution in [0.3, 0.4) is 0 Å². The van der Waals surface area contributed by atoms with E-state index in [4.69, 9.17) is 21.2 Å². The summed E-state index contributed by atoms with van der Waals surface area (Å²) in [7, 11) is -4.00. The molecule has 1 aliphatic rings. The van der Waals surface area contributed by atoms with Gasteiger partial charge in [-0.25, -0.2) is 17.7 Å². The largest absolute Gasteiger partial charge is 1.00 e. The van der Waals surface area contributed by atoms with Gasteiger partial charge in [0.25, 0.3) is 11.8 Å². The molecular weight excluding hydrogens is 489 g/mol. The van der Waals surface area contributed by atoms with Gasteiger partial charge in [-0.1, -0.05) is 5.16 Å². The number of thiazole rings is 1. The van der Waals surface area contributed by atoms with Crippen LogP contribution in [0.4, 0.5) is 5.13 Å². The molecule has 2 heterocycles. The quantitative estimate of drug-likeness (QED) is 0.0647. The number of hydrogen-bond donors (Lipinski definition) is 2. The molecule has 0 saturated carbocycles. The first-order chi connectivity index (χ1) is 13.9. The fourth-order valence-electron chi connectivity index (χ4n) is 2.13. The van der Waals surface area contributed by atoms with Crippen molar-refractivity contribution >= 4 is 61.8 Å². The molecule has 0 aliphatic carbocycles. The van der Waals surface area contributed by atoms with Crippen molar-refractivity contribution in [3.63, 3.8) is 0 Å². The van der Waals surface area contributed by atoms with Crippen molar-refractivity contribution in [3.8, 4) is 0 Å². The minimum Gasteiger partial charge on any atom is -0.731 e. The Morgan fingerprint density at radius 1 is 1.48 bits per heavy atom. The molecule has 13 nitrogen and oxygen atoms in total. The molecule has 1 aromatic rings. The zero-order valence-electron chi connectivity index (χ0n) is 16.9. The molecule has 17 heteroatoms. The number of amides is 3. The fourth-order valence-corrected chi connectivity index (χ4v) is 3.59. The smallest absolute Gasteiger partial charge is 0.731 e. The predicted octanol–water partition coefficient (Wildman–Crippen LogP) is -3.79. The van der Waals surface area contributed by atoms with E-state index in [0.29, 0.717) is 0 Å². The maximum atomic E-state index is 12.8. The van der Waals surface area contributed by atoms with Crippen LogP contribution in [-0.4, -0.2) is 77.1 Å². The maximum absolute atomic E-state index is 12.8. The number of β-lactam (4-membered cyclic amide) rings is 1. The van der Waals surface area contributed by atoms with Gasteiger partial charge in [-0.3, -0.25) is 14.4 Å². The van der Waals surface area contributed by atoms with Crippen LogP contribution in [0.2, 0.25) is 0 Å². The van der Waals surface area contributed by atoms with Crippen LogP contribution in [0, 0.1) is 0 Å². The van der Waals surface area contributed by atoms with E-state index in [-0.39, 0.29) is 56.3 Å². The number of ether oxygens (including phenoxy) is 1. The number of aromatic nitrogens is 1. The molecule has 0 bridgehead atoms. The number of halogens is 1. The van der Waals surface area contributed by atoms with Gasteiger partial charge < -0.3 is 24.8 Å². The summed E-state index contributed by atoms with van der Waals surface area (Å²) in [6, 6.07) is 0. The Labute approximate surface area is 208 Å². The Balaban J connectivity index is 0.00000480. The van der Waals surface area contributed by atoms with Gasteiger partial charge in [-0.05, 0) is 13.8 Å². The van der Waals surface area contributed by atoms with Crippen LogP contribution < -0.4 is 40.2 Å². The van der Waals surface area contributed by atoms with E-state index in [0.717, 1.165) is 18.4 Å². The van der Waals surface area contributed by atoms with E-state index in [1.807, 2.05) is 0 Å². The number of oxime groups is 1. The fraction of sp³-hybridized carbons (Fsp3) is 0.500. The van der Waals surface area contributed by atoms with E-state index in [1.165, 1.54) is 5.38 Å². The predicted molar refractivity (Wildman–Crippen MR) is 104 cm³/mol. The summed E-state index contributed by atoms with van der Waals surface area (Å²) in [5.41, 5.74) is -2.45. The summed E-state index contributed by atoms with van der Waals surface area (Å²) < 4.78 is 38.1. The topological polar surface area (TPSA) is 179 Å². The first-order valence-electron chi connectivity index (χ1n) is 8.14. The summed E-state index contributed by atoms with van der Waals surface area (Å²) in [6.07, 6.45) is -0.412. The molecule has 3 amide bonds. The van der Waals surface area contributed by atoms with Gasteiger partial charge in [0.2, 0.25) is 11.6 Å². The van der Waals surface area contributed by atoms with Crippen molar-refractivity contribution in [1.82, 2.24) is 14.6 Å². The number of carbonyl (C=O) groups excluding carboxylic acids is 3. The van der Waals surface area contributed by atoms with E-state index in [1.54, 1.807) is 13.8 Å². The molecule has 166 valence electrons. The zero-order valence-corrected chi connectivity index (χ0v) is 21.3. The number of hydrogen-bond acceptors (Lipinski definition) is 11. The van der Waals surface area contributed by atoms with Gasteiger partial charge in [0, 0.05) is 12.5 Å². The molecular formula is C14H17ClN5NaO8S2. The van der Waals surface area contributed by atoms with Crippen LogP contribution in [0.5, 0.6) is 0 Å². The minimum atomic E-state index is -5.05. The number of alkyl halides is 1. The second-order valence-electron chi connectivity index (χ2n) is 6.07. The second-order valence-corrected chi connectivity index (χ2v) is 8.49. The number of methoxy groups -OCH3 is 1. The average Bonchev–Trinajstić information content (AvgIpc) is 3.11. The third-order valence-electron chi connectivity index (χ3n) is 3.56. The van der Waals surface area contributed by atoms with E-state index >= 15 is 0 Å². The molecule has 1 aliphatic heterocycles. The second kappa shape index (κ2) is 11.0. The molecule has 1 fully saturated rings. The molecule has 2 rings (SSSR count). The van der Waals surface area contributed by atoms with Crippen molar-refractivity contribution < 1.29 is 66.5 Å². The molecule has 1 unspecified atom stereocenters. The summed E-state index contributed by atoms with van der Waals surface area (Å²) in [5, 5.41) is 9.86. The number of nitrogens with one attached hydrogen (secondary N) is 2. The Kier molecular flexibility index (Phi) is 9.83. The van der Waals surface area contributed by atoms with E-state index < -0.39 is 46.4 Å². The standard InChI is InChI=1S/C14H18ClN5O8S2.Na/c1-7(2)28-19-10(8-5-29-13(16-8)17-9(21)4-15)11(22)18-14(27-3)6-20(12(14)23)30(24,25)26;/h5,7H,4,6H2,1-3H3,(H,18,22)(H,16,17,21)(H,24,25,26);/q;+1/p-1. The molecule has 1 aromatic heterocycles. The zero-order chi connectivity index (χ0) is 22.7. The van der Waals surface area contributed by atoms with Crippen molar-refractivity contribution in [2.75, 3.05) is 24.9 Å². The normalized spacial score (nSPS) is 18.8. The first-order valence-corrected chi connectivity index (χ1v) is 10.9. The summed E-state index contributed by atoms with van der Waals surface area (Å²) in [4.78, 5) is 45.4. The molecule has 0 aromatic carbocycles. The van der Waals surface area contributed by atoms with Gasteiger partial charge in [-0.15, -0.1) is 22.9 Å². The third-order valence-corrected chi connectivity index (χ3v) is 5.39. The van der Waals surface area contributed by atoms with Crippen molar-refractivity contribution in [3.05, 3.63) is 11.1 Å². The number of carbonyl (C=O) groups is 3. The van der Waals surface area contributed by atoms with Gasteiger partial charge in [0.05, 0.1) is 6.54 Å². The number of rotatable bonds is 9. The van der Waals surface area contributed by atoms with E-state index in [9.17, 15) is 27.4 Å². The monoisotopic (exact) mass is 505 g/mol. The van der Waals surface area contributed by atoms with Gasteiger partial charge >= 0.3 is 29.6 Å². The minimum absolute atomic E-state index is 0. The van der Waals surface area contributed by atoms with Crippen molar-refractivity contribution in [2.45, 2.75) is 25.7 Å². The van der Waals surface area contributed by atoms with Gasteiger partial charge in [-0.2, -0.15) is 0 Å². The molecule has 1 atom stereocenters. The van der Waals surface area contributed by atoms with Crippen LogP contribution in [0.1, 0.15) is 19.5 Å². The van der Waals surface area contributed by atoms with Crippen LogP contribution in [-0.2, 0) is 34.3 Å². The van der Waals surface area contributed by atoms with Gasteiger partial charge in [0.1, 0.15) is 17.7 Å². The van der Waals surface area contributed by atoms with Crippen LogP contribution in [0.25, 0.3) is 0 Å². The average molecular weight is 506 g/mol. The molecule has 0 spiro atoms. The van der Waals surface area contributed by atoms with Gasteiger partial charge in [0.15, 0.2) is 21.1 Å². The Hall–Kier alpha value is -1.33.